The van der Waals surface area contributed by atoms with Gasteiger partial charge in [-0.25, -0.2) is 4.98 Å². The van der Waals surface area contributed by atoms with Crippen molar-refractivity contribution in [3.05, 3.63) is 43.4 Å². The maximum absolute atomic E-state index is 12.5. The van der Waals surface area contributed by atoms with Crippen molar-refractivity contribution in [1.82, 2.24) is 9.88 Å². The maximum atomic E-state index is 12.5. The molecule has 0 spiro atoms. The molecule has 1 aromatic heterocycles. The molecule has 3 rings (SSSR count). The number of benzene rings is 1. The van der Waals surface area contributed by atoms with Crippen LogP contribution in [-0.2, 0) is 11.3 Å². The molecule has 1 N–H and O–H groups in total. The van der Waals surface area contributed by atoms with Crippen LogP contribution >= 0.6 is 33.9 Å². The molecule has 2 heterocycles. The third-order valence-electron chi connectivity index (χ3n) is 4.46. The molecule has 0 aliphatic carbocycles. The smallest absolute Gasteiger partial charge is 0.227 e. The average Bonchev–Trinajstić information content (AvgIpc) is 2.96. The van der Waals surface area contributed by atoms with E-state index < -0.39 is 0 Å². The van der Waals surface area contributed by atoms with Crippen molar-refractivity contribution < 1.29 is 4.79 Å². The Morgan fingerprint density at radius 1 is 1.38 bits per heavy atom. The number of hydrogen-bond donors (Lipinski definition) is 1. The molecule has 1 aliphatic rings. The number of thiazole rings is 1. The maximum Gasteiger partial charge on any atom is 0.227 e. The SMILES string of the molecule is Cc1nc(CN2CCC(C(=O)Nc3ccc(I)cc3C)CC2)cs1. The Morgan fingerprint density at radius 3 is 2.75 bits per heavy atom. The summed E-state index contributed by atoms with van der Waals surface area (Å²) in [5.74, 6) is 0.264. The highest BCUT2D eigenvalue weighted by molar-refractivity contribution is 14.1. The highest BCUT2D eigenvalue weighted by Gasteiger charge is 2.25. The van der Waals surface area contributed by atoms with E-state index in [-0.39, 0.29) is 11.8 Å². The van der Waals surface area contributed by atoms with Crippen molar-refractivity contribution in [3.8, 4) is 0 Å². The zero-order valence-electron chi connectivity index (χ0n) is 14.0. The molecule has 1 aliphatic heterocycles. The number of rotatable bonds is 4. The van der Waals surface area contributed by atoms with Crippen LogP contribution < -0.4 is 5.32 Å². The van der Waals surface area contributed by atoms with Gasteiger partial charge in [-0.2, -0.15) is 0 Å². The van der Waals surface area contributed by atoms with Gasteiger partial charge in [0.05, 0.1) is 10.7 Å². The van der Waals surface area contributed by atoms with Crippen molar-refractivity contribution in [3.63, 3.8) is 0 Å². The van der Waals surface area contributed by atoms with Crippen LogP contribution in [0.15, 0.2) is 23.6 Å². The Hall–Kier alpha value is -0.990. The van der Waals surface area contributed by atoms with Gasteiger partial charge >= 0.3 is 0 Å². The molecule has 2 aromatic rings. The van der Waals surface area contributed by atoms with Crippen LogP contribution in [-0.4, -0.2) is 28.9 Å². The molecule has 1 fully saturated rings. The standard InChI is InChI=1S/C18H22IN3OS/c1-12-9-15(19)3-4-17(12)21-18(23)14-5-7-22(8-6-14)10-16-11-24-13(2)20-16/h3-4,9,11,14H,5-8,10H2,1-2H3,(H,21,23). The van der Waals surface area contributed by atoms with E-state index in [2.05, 4.69) is 49.2 Å². The molecule has 1 saturated heterocycles. The van der Waals surface area contributed by atoms with Crippen LogP contribution in [0.2, 0.25) is 0 Å². The second-order valence-corrected chi connectivity index (χ2v) is 8.66. The molecule has 1 amide bonds. The Labute approximate surface area is 160 Å². The quantitative estimate of drug-likeness (QED) is 0.703. The van der Waals surface area contributed by atoms with Crippen molar-refractivity contribution in [2.24, 2.45) is 5.92 Å². The van der Waals surface area contributed by atoms with E-state index in [4.69, 9.17) is 0 Å². The number of hydrogen-bond acceptors (Lipinski definition) is 4. The zero-order chi connectivity index (χ0) is 17.1. The number of nitrogens with zero attached hydrogens (tertiary/aromatic N) is 2. The minimum Gasteiger partial charge on any atom is -0.326 e. The van der Waals surface area contributed by atoms with Gasteiger partial charge in [-0.3, -0.25) is 9.69 Å². The third-order valence-corrected chi connectivity index (χ3v) is 5.95. The summed E-state index contributed by atoms with van der Waals surface area (Å²) in [6, 6.07) is 6.12. The number of amides is 1. The van der Waals surface area contributed by atoms with Gasteiger partial charge in [0.1, 0.15) is 0 Å². The second-order valence-electron chi connectivity index (χ2n) is 6.36. The van der Waals surface area contributed by atoms with E-state index >= 15 is 0 Å². The first-order valence-electron chi connectivity index (χ1n) is 8.21. The number of likely N-dealkylation sites (tertiary alicyclic amines) is 1. The van der Waals surface area contributed by atoms with Crippen LogP contribution in [0, 0.1) is 23.3 Å². The number of carbonyl (C=O) groups excluding carboxylic acids is 1. The van der Waals surface area contributed by atoms with Crippen LogP contribution in [0.5, 0.6) is 0 Å². The van der Waals surface area contributed by atoms with E-state index in [1.54, 1.807) is 11.3 Å². The number of nitrogens with one attached hydrogen (secondary N) is 1. The van der Waals surface area contributed by atoms with Gasteiger partial charge in [0, 0.05) is 27.1 Å². The summed E-state index contributed by atoms with van der Waals surface area (Å²) < 4.78 is 1.19. The molecule has 128 valence electrons. The fourth-order valence-electron chi connectivity index (χ4n) is 3.07. The van der Waals surface area contributed by atoms with Gasteiger partial charge in [0.2, 0.25) is 5.91 Å². The predicted molar refractivity (Wildman–Crippen MR) is 107 cm³/mol. The van der Waals surface area contributed by atoms with Gasteiger partial charge in [-0.15, -0.1) is 11.3 Å². The van der Waals surface area contributed by atoms with Crippen molar-refractivity contribution >= 4 is 45.5 Å². The zero-order valence-corrected chi connectivity index (χ0v) is 17.0. The molecule has 24 heavy (non-hydrogen) atoms. The van der Waals surface area contributed by atoms with Gasteiger partial charge in [-0.1, -0.05) is 0 Å². The number of aromatic nitrogens is 1. The molecule has 6 heteroatoms. The molecular weight excluding hydrogens is 433 g/mol. The average molecular weight is 455 g/mol. The lowest BCUT2D eigenvalue weighted by Crippen LogP contribution is -2.37. The van der Waals surface area contributed by atoms with Crippen molar-refractivity contribution in [2.45, 2.75) is 33.2 Å². The van der Waals surface area contributed by atoms with E-state index in [9.17, 15) is 4.79 Å². The summed E-state index contributed by atoms with van der Waals surface area (Å²) in [4.78, 5) is 19.5. The summed E-state index contributed by atoms with van der Waals surface area (Å²) in [5, 5.41) is 6.35. The van der Waals surface area contributed by atoms with E-state index in [1.807, 2.05) is 26.0 Å². The first-order chi connectivity index (χ1) is 11.5. The predicted octanol–water partition coefficient (Wildman–Crippen LogP) is 4.22. The van der Waals surface area contributed by atoms with E-state index in [1.165, 1.54) is 3.57 Å². The first-order valence-corrected chi connectivity index (χ1v) is 10.2. The van der Waals surface area contributed by atoms with Crippen LogP contribution in [0.1, 0.15) is 29.1 Å². The minimum absolute atomic E-state index is 0.108. The van der Waals surface area contributed by atoms with Crippen LogP contribution in [0.25, 0.3) is 0 Å². The number of halogens is 1. The highest BCUT2D eigenvalue weighted by atomic mass is 127. The number of anilines is 1. The molecule has 0 bridgehead atoms. The summed E-state index contributed by atoms with van der Waals surface area (Å²) in [5.41, 5.74) is 3.20. The number of aryl methyl sites for hydroxylation is 2. The monoisotopic (exact) mass is 455 g/mol. The Kier molecular flexibility index (Phi) is 5.89. The van der Waals surface area contributed by atoms with Gasteiger partial charge in [-0.05, 0) is 86.1 Å². The molecule has 0 radical (unpaired) electrons. The molecular formula is C18H22IN3OS. The first kappa shape index (κ1) is 17.8. The van der Waals surface area contributed by atoms with Crippen molar-refractivity contribution in [1.29, 1.82) is 0 Å². The summed E-state index contributed by atoms with van der Waals surface area (Å²) in [7, 11) is 0. The normalized spacial score (nSPS) is 16.3. The molecule has 0 atom stereocenters. The van der Waals surface area contributed by atoms with E-state index in [0.717, 1.165) is 54.4 Å². The van der Waals surface area contributed by atoms with Crippen molar-refractivity contribution in [2.75, 3.05) is 18.4 Å². The molecule has 4 nitrogen and oxygen atoms in total. The number of carbonyl (C=O) groups is 1. The summed E-state index contributed by atoms with van der Waals surface area (Å²) in [6.07, 6.45) is 1.83. The molecule has 0 unspecified atom stereocenters. The topological polar surface area (TPSA) is 45.2 Å². The van der Waals surface area contributed by atoms with E-state index in [0.29, 0.717) is 0 Å². The fourth-order valence-corrected chi connectivity index (χ4v) is 4.32. The number of piperidine rings is 1. The lowest BCUT2D eigenvalue weighted by Gasteiger charge is -2.30. The molecule has 0 saturated carbocycles. The highest BCUT2D eigenvalue weighted by Crippen LogP contribution is 2.23. The third kappa shape index (κ3) is 4.55. The Morgan fingerprint density at radius 2 is 2.12 bits per heavy atom. The fraction of sp³-hybridized carbons (Fsp3) is 0.444. The van der Waals surface area contributed by atoms with Gasteiger partial charge in [0.15, 0.2) is 0 Å². The van der Waals surface area contributed by atoms with Crippen LogP contribution in [0.4, 0.5) is 5.69 Å². The Bertz CT molecular complexity index is 723. The molecule has 1 aromatic carbocycles. The Balaban J connectivity index is 1.51. The minimum atomic E-state index is 0.108. The largest absolute Gasteiger partial charge is 0.326 e. The lowest BCUT2D eigenvalue weighted by molar-refractivity contribution is -0.121. The summed E-state index contributed by atoms with van der Waals surface area (Å²) >= 11 is 3.99. The lowest BCUT2D eigenvalue weighted by atomic mass is 9.95. The summed E-state index contributed by atoms with van der Waals surface area (Å²) in [6.45, 7) is 6.89. The van der Waals surface area contributed by atoms with Gasteiger partial charge < -0.3 is 5.32 Å². The second kappa shape index (κ2) is 7.93. The van der Waals surface area contributed by atoms with Gasteiger partial charge in [0.25, 0.3) is 0 Å². The van der Waals surface area contributed by atoms with Crippen LogP contribution in [0.3, 0.4) is 0 Å².